The average molecular weight is 362 g/mol. The van der Waals surface area contributed by atoms with Crippen LogP contribution in [0, 0.1) is 0 Å². The summed E-state index contributed by atoms with van der Waals surface area (Å²) in [7, 11) is 0. The van der Waals surface area contributed by atoms with E-state index in [2.05, 4.69) is 20.9 Å². The summed E-state index contributed by atoms with van der Waals surface area (Å²) in [5.41, 5.74) is 2.74. The van der Waals surface area contributed by atoms with Crippen molar-refractivity contribution in [2.24, 2.45) is 0 Å². The van der Waals surface area contributed by atoms with Crippen LogP contribution in [-0.4, -0.2) is 40.0 Å². The van der Waals surface area contributed by atoms with Crippen molar-refractivity contribution in [3.63, 3.8) is 0 Å². The molecule has 8 nitrogen and oxygen atoms in total. The molecule has 0 spiro atoms. The van der Waals surface area contributed by atoms with Gasteiger partial charge in [-0.15, -0.1) is 5.10 Å². The Bertz CT molecular complexity index is 952. The van der Waals surface area contributed by atoms with E-state index in [1.54, 1.807) is 40.0 Å². The third kappa shape index (κ3) is 3.79. The normalized spacial score (nSPS) is 13.5. The standard InChI is InChI=1S/C19H18N6O2/c26-18(17-13-24(23-22-17)12-14-4-2-1-3-5-14)21-15-6-8-16(9-7-15)25-11-10-20-19(25)27/h1-9,13H,10-12H2,(H,20,27)(H,21,26). The molecule has 1 aliphatic heterocycles. The number of nitrogens with zero attached hydrogens (tertiary/aromatic N) is 4. The number of benzene rings is 2. The van der Waals surface area contributed by atoms with Gasteiger partial charge >= 0.3 is 6.03 Å². The number of nitrogens with one attached hydrogen (secondary N) is 2. The van der Waals surface area contributed by atoms with Crippen molar-refractivity contribution >= 4 is 23.3 Å². The number of aromatic nitrogens is 3. The van der Waals surface area contributed by atoms with Crippen LogP contribution in [-0.2, 0) is 6.54 Å². The SMILES string of the molecule is O=C(Nc1ccc(N2CCNC2=O)cc1)c1cn(Cc2ccccc2)nn1. The van der Waals surface area contributed by atoms with E-state index < -0.39 is 0 Å². The van der Waals surface area contributed by atoms with Crippen molar-refractivity contribution in [3.05, 3.63) is 72.1 Å². The van der Waals surface area contributed by atoms with E-state index in [4.69, 9.17) is 0 Å². The van der Waals surface area contributed by atoms with Gasteiger partial charge in [-0.1, -0.05) is 35.5 Å². The second kappa shape index (κ2) is 7.28. The second-order valence-corrected chi connectivity index (χ2v) is 6.17. The first-order chi connectivity index (χ1) is 13.2. The van der Waals surface area contributed by atoms with Gasteiger partial charge in [0.05, 0.1) is 12.7 Å². The quantitative estimate of drug-likeness (QED) is 0.727. The molecule has 0 atom stereocenters. The summed E-state index contributed by atoms with van der Waals surface area (Å²) in [6.07, 6.45) is 1.62. The number of urea groups is 1. The maximum atomic E-state index is 12.4. The maximum Gasteiger partial charge on any atom is 0.321 e. The molecule has 0 unspecified atom stereocenters. The van der Waals surface area contributed by atoms with Crippen LogP contribution in [0.2, 0.25) is 0 Å². The van der Waals surface area contributed by atoms with E-state index in [9.17, 15) is 9.59 Å². The van der Waals surface area contributed by atoms with Gasteiger partial charge in [-0.3, -0.25) is 9.69 Å². The first-order valence-corrected chi connectivity index (χ1v) is 8.60. The Morgan fingerprint density at radius 2 is 1.89 bits per heavy atom. The predicted molar refractivity (Wildman–Crippen MR) is 101 cm³/mol. The van der Waals surface area contributed by atoms with E-state index in [1.807, 2.05) is 30.3 Å². The Morgan fingerprint density at radius 1 is 1.11 bits per heavy atom. The number of hydrogen-bond acceptors (Lipinski definition) is 4. The predicted octanol–water partition coefficient (Wildman–Crippen LogP) is 2.11. The van der Waals surface area contributed by atoms with Crippen LogP contribution in [0.3, 0.4) is 0 Å². The van der Waals surface area contributed by atoms with Gasteiger partial charge in [-0.2, -0.15) is 0 Å². The lowest BCUT2D eigenvalue weighted by Crippen LogP contribution is -2.27. The molecule has 2 N–H and O–H groups in total. The van der Waals surface area contributed by atoms with Gasteiger partial charge in [0.2, 0.25) is 0 Å². The van der Waals surface area contributed by atoms with Gasteiger partial charge in [0.1, 0.15) is 0 Å². The molecule has 3 aromatic rings. The van der Waals surface area contributed by atoms with Crippen molar-refractivity contribution in [1.82, 2.24) is 20.3 Å². The Hall–Kier alpha value is -3.68. The molecule has 4 rings (SSSR count). The molecule has 0 bridgehead atoms. The fraction of sp³-hybridized carbons (Fsp3) is 0.158. The minimum Gasteiger partial charge on any atom is -0.336 e. The fourth-order valence-corrected chi connectivity index (χ4v) is 2.89. The third-order valence-electron chi connectivity index (χ3n) is 4.25. The van der Waals surface area contributed by atoms with Crippen LogP contribution >= 0.6 is 0 Å². The molecule has 1 saturated heterocycles. The van der Waals surface area contributed by atoms with Crippen molar-refractivity contribution < 1.29 is 9.59 Å². The summed E-state index contributed by atoms with van der Waals surface area (Å²) in [5, 5.41) is 13.5. The highest BCUT2D eigenvalue weighted by atomic mass is 16.2. The zero-order valence-electron chi connectivity index (χ0n) is 14.5. The highest BCUT2D eigenvalue weighted by Crippen LogP contribution is 2.19. The zero-order chi connectivity index (χ0) is 18.6. The zero-order valence-corrected chi connectivity index (χ0v) is 14.5. The smallest absolute Gasteiger partial charge is 0.321 e. The van der Waals surface area contributed by atoms with Crippen molar-refractivity contribution in [2.75, 3.05) is 23.3 Å². The average Bonchev–Trinajstić information content (AvgIpc) is 3.32. The van der Waals surface area contributed by atoms with Gasteiger partial charge in [0.15, 0.2) is 5.69 Å². The summed E-state index contributed by atoms with van der Waals surface area (Å²) in [6.45, 7) is 1.82. The number of carbonyl (C=O) groups is 2. The Kier molecular flexibility index (Phi) is 4.52. The Labute approximate surface area is 155 Å². The number of amides is 3. The highest BCUT2D eigenvalue weighted by molar-refractivity contribution is 6.02. The van der Waals surface area contributed by atoms with E-state index in [-0.39, 0.29) is 17.6 Å². The molecule has 1 aromatic heterocycles. The molecule has 136 valence electrons. The molecule has 3 amide bonds. The lowest BCUT2D eigenvalue weighted by molar-refractivity contribution is 0.102. The van der Waals surface area contributed by atoms with Crippen LogP contribution < -0.4 is 15.5 Å². The van der Waals surface area contributed by atoms with Gasteiger partial charge in [0, 0.05) is 24.5 Å². The van der Waals surface area contributed by atoms with Gasteiger partial charge in [0.25, 0.3) is 5.91 Å². The fourth-order valence-electron chi connectivity index (χ4n) is 2.89. The van der Waals surface area contributed by atoms with E-state index >= 15 is 0 Å². The topological polar surface area (TPSA) is 92.2 Å². The lowest BCUT2D eigenvalue weighted by atomic mass is 10.2. The number of rotatable bonds is 5. The maximum absolute atomic E-state index is 12.4. The largest absolute Gasteiger partial charge is 0.336 e. The van der Waals surface area contributed by atoms with Crippen molar-refractivity contribution in [2.45, 2.75) is 6.54 Å². The minimum atomic E-state index is -0.332. The molecule has 0 radical (unpaired) electrons. The molecule has 8 heteroatoms. The van der Waals surface area contributed by atoms with E-state index in [0.717, 1.165) is 11.3 Å². The molecule has 1 aliphatic rings. The van der Waals surface area contributed by atoms with Crippen molar-refractivity contribution in [3.8, 4) is 0 Å². The van der Waals surface area contributed by atoms with Crippen LogP contribution in [0.1, 0.15) is 16.1 Å². The summed E-state index contributed by atoms with van der Waals surface area (Å²) >= 11 is 0. The molecular weight excluding hydrogens is 344 g/mol. The number of carbonyl (C=O) groups excluding carboxylic acids is 2. The van der Waals surface area contributed by atoms with Gasteiger partial charge < -0.3 is 10.6 Å². The minimum absolute atomic E-state index is 0.109. The van der Waals surface area contributed by atoms with Gasteiger partial charge in [-0.25, -0.2) is 9.48 Å². The monoisotopic (exact) mass is 362 g/mol. The Balaban J connectivity index is 1.40. The number of anilines is 2. The molecule has 1 fully saturated rings. The van der Waals surface area contributed by atoms with Crippen LogP contribution in [0.5, 0.6) is 0 Å². The summed E-state index contributed by atoms with van der Waals surface area (Å²) in [4.78, 5) is 25.7. The van der Waals surface area contributed by atoms with Crippen LogP contribution in [0.15, 0.2) is 60.8 Å². The third-order valence-corrected chi connectivity index (χ3v) is 4.25. The molecule has 27 heavy (non-hydrogen) atoms. The van der Waals surface area contributed by atoms with Crippen molar-refractivity contribution in [1.29, 1.82) is 0 Å². The van der Waals surface area contributed by atoms with Crippen LogP contribution in [0.4, 0.5) is 16.2 Å². The number of hydrogen-bond donors (Lipinski definition) is 2. The summed E-state index contributed by atoms with van der Waals surface area (Å²) in [5.74, 6) is -0.332. The summed E-state index contributed by atoms with van der Waals surface area (Å²) < 4.78 is 1.62. The first-order valence-electron chi connectivity index (χ1n) is 8.60. The molecule has 0 saturated carbocycles. The molecule has 2 aromatic carbocycles. The summed E-state index contributed by atoms with van der Waals surface area (Å²) in [6, 6.07) is 16.8. The molecule has 2 heterocycles. The van der Waals surface area contributed by atoms with Gasteiger partial charge in [-0.05, 0) is 29.8 Å². The molecular formula is C19H18N6O2. The first kappa shape index (κ1) is 16.8. The lowest BCUT2D eigenvalue weighted by Gasteiger charge is -2.14. The second-order valence-electron chi connectivity index (χ2n) is 6.17. The highest BCUT2D eigenvalue weighted by Gasteiger charge is 2.21. The Morgan fingerprint density at radius 3 is 2.59 bits per heavy atom. The molecule has 0 aliphatic carbocycles. The van der Waals surface area contributed by atoms with E-state index in [1.165, 1.54) is 0 Å². The van der Waals surface area contributed by atoms with Crippen LogP contribution in [0.25, 0.3) is 0 Å². The van der Waals surface area contributed by atoms with E-state index in [0.29, 0.717) is 25.3 Å².